The van der Waals surface area contributed by atoms with Gasteiger partial charge in [0, 0.05) is 0 Å². The first-order valence-electron chi connectivity index (χ1n) is 5.33. The molecule has 0 N–H and O–H groups in total. The Labute approximate surface area is 86.1 Å². The van der Waals surface area contributed by atoms with Gasteiger partial charge in [0.25, 0.3) is 0 Å². The third-order valence-corrected chi connectivity index (χ3v) is 1.51. The van der Waals surface area contributed by atoms with Crippen molar-refractivity contribution in [1.82, 2.24) is 5.06 Å². The number of hydrogen-bond donors (Lipinski definition) is 0. The molecule has 4 heteroatoms. The molecule has 14 heavy (non-hydrogen) atoms. The lowest BCUT2D eigenvalue weighted by Crippen LogP contribution is -2.33. The molecule has 0 aliphatic rings. The molecule has 0 unspecified atom stereocenters. The fourth-order valence-corrected chi connectivity index (χ4v) is 0.874. The van der Waals surface area contributed by atoms with Gasteiger partial charge in [-0.05, 0) is 19.3 Å². The van der Waals surface area contributed by atoms with Crippen LogP contribution >= 0.6 is 0 Å². The summed E-state index contributed by atoms with van der Waals surface area (Å²) in [5, 5.41) is 1.30. The van der Waals surface area contributed by atoms with Crippen LogP contribution in [0.3, 0.4) is 0 Å². The summed E-state index contributed by atoms with van der Waals surface area (Å²) in [6, 6.07) is 0. The minimum Gasteiger partial charge on any atom is -0.448 e. The van der Waals surface area contributed by atoms with Crippen molar-refractivity contribution in [2.45, 2.75) is 40.0 Å². The van der Waals surface area contributed by atoms with Crippen LogP contribution in [-0.4, -0.2) is 30.9 Å². The Morgan fingerprint density at radius 2 is 1.71 bits per heavy atom. The van der Waals surface area contributed by atoms with Crippen LogP contribution in [0, 0.1) is 0 Å². The topological polar surface area (TPSA) is 38.8 Å². The van der Waals surface area contributed by atoms with Gasteiger partial charge in [-0.3, -0.25) is 4.84 Å². The lowest BCUT2D eigenvalue weighted by molar-refractivity contribution is -0.136. The normalized spacial score (nSPS) is 9.93. The van der Waals surface area contributed by atoms with Crippen LogP contribution in [0.25, 0.3) is 0 Å². The summed E-state index contributed by atoms with van der Waals surface area (Å²) in [5.41, 5.74) is 0. The zero-order chi connectivity index (χ0) is 10.8. The second kappa shape index (κ2) is 8.81. The van der Waals surface area contributed by atoms with E-state index >= 15 is 0 Å². The van der Waals surface area contributed by atoms with Crippen LogP contribution in [-0.2, 0) is 9.57 Å². The van der Waals surface area contributed by atoms with Crippen molar-refractivity contribution in [3.63, 3.8) is 0 Å². The van der Waals surface area contributed by atoms with Gasteiger partial charge in [-0.15, -0.1) is 0 Å². The van der Waals surface area contributed by atoms with Crippen molar-refractivity contribution in [2.75, 3.05) is 19.8 Å². The fourth-order valence-electron chi connectivity index (χ4n) is 0.874. The minimum atomic E-state index is -0.373. The van der Waals surface area contributed by atoms with E-state index in [-0.39, 0.29) is 6.09 Å². The molecule has 4 nitrogen and oxygen atoms in total. The zero-order valence-electron chi connectivity index (χ0n) is 9.41. The van der Waals surface area contributed by atoms with Crippen LogP contribution in [0.5, 0.6) is 0 Å². The maximum absolute atomic E-state index is 11.4. The second-order valence-corrected chi connectivity index (χ2v) is 3.05. The number of nitrogens with zero attached hydrogens (tertiary/aromatic N) is 1. The Hall–Kier alpha value is -0.770. The van der Waals surface area contributed by atoms with Gasteiger partial charge in [0.05, 0.1) is 19.8 Å². The van der Waals surface area contributed by atoms with E-state index in [4.69, 9.17) is 9.57 Å². The average molecular weight is 203 g/mol. The highest BCUT2D eigenvalue weighted by Gasteiger charge is 2.13. The van der Waals surface area contributed by atoms with Gasteiger partial charge in [-0.2, -0.15) is 5.06 Å². The molecule has 0 bridgehead atoms. The molecule has 0 saturated heterocycles. The Balaban J connectivity index is 3.84. The zero-order valence-corrected chi connectivity index (χ0v) is 9.41. The maximum atomic E-state index is 11.4. The molecule has 0 radical (unpaired) electrons. The lowest BCUT2D eigenvalue weighted by atomic mass is 10.5. The van der Waals surface area contributed by atoms with E-state index < -0.39 is 0 Å². The highest BCUT2D eigenvalue weighted by atomic mass is 16.7. The number of hydroxylamine groups is 2. The third-order valence-electron chi connectivity index (χ3n) is 1.51. The van der Waals surface area contributed by atoms with Gasteiger partial charge in [-0.1, -0.05) is 20.8 Å². The third kappa shape index (κ3) is 5.80. The van der Waals surface area contributed by atoms with Gasteiger partial charge in [-0.25, -0.2) is 4.79 Å². The van der Waals surface area contributed by atoms with Gasteiger partial charge in [0.2, 0.25) is 0 Å². The number of carbonyl (C=O) groups is 1. The molecule has 0 aromatic heterocycles. The predicted octanol–water partition coefficient (Wildman–Crippen LogP) is 2.59. The summed E-state index contributed by atoms with van der Waals surface area (Å²) in [6.45, 7) is 7.56. The highest BCUT2D eigenvalue weighted by Crippen LogP contribution is 1.99. The molecule has 0 aromatic rings. The molecule has 1 amide bonds. The molecular formula is C10H21NO3. The first-order chi connectivity index (χ1) is 6.76. The molecule has 0 aromatic carbocycles. The van der Waals surface area contributed by atoms with E-state index in [0.717, 1.165) is 19.3 Å². The summed E-state index contributed by atoms with van der Waals surface area (Å²) in [5.74, 6) is 0. The van der Waals surface area contributed by atoms with Crippen LogP contribution in [0.4, 0.5) is 4.79 Å². The molecular weight excluding hydrogens is 182 g/mol. The molecule has 0 fully saturated rings. The van der Waals surface area contributed by atoms with Crippen molar-refractivity contribution >= 4 is 6.09 Å². The molecule has 0 rings (SSSR count). The Kier molecular flexibility index (Phi) is 8.33. The number of rotatable bonds is 7. The van der Waals surface area contributed by atoms with Crippen LogP contribution in [0.2, 0.25) is 0 Å². The monoisotopic (exact) mass is 203 g/mol. The Morgan fingerprint density at radius 1 is 1.07 bits per heavy atom. The summed E-state index contributed by atoms with van der Waals surface area (Å²) in [4.78, 5) is 16.6. The molecule has 0 spiro atoms. The molecule has 0 aliphatic carbocycles. The van der Waals surface area contributed by atoms with Crippen molar-refractivity contribution in [3.8, 4) is 0 Å². The van der Waals surface area contributed by atoms with Crippen LogP contribution in [0.15, 0.2) is 0 Å². The van der Waals surface area contributed by atoms with Crippen LogP contribution < -0.4 is 0 Å². The Morgan fingerprint density at radius 3 is 2.21 bits per heavy atom. The van der Waals surface area contributed by atoms with Crippen LogP contribution in [0.1, 0.15) is 40.0 Å². The summed E-state index contributed by atoms with van der Waals surface area (Å²) >= 11 is 0. The van der Waals surface area contributed by atoms with E-state index in [1.165, 1.54) is 5.06 Å². The highest BCUT2D eigenvalue weighted by molar-refractivity contribution is 5.66. The molecule has 84 valence electrons. The van der Waals surface area contributed by atoms with Crippen molar-refractivity contribution < 1.29 is 14.4 Å². The maximum Gasteiger partial charge on any atom is 0.433 e. The molecule has 0 saturated carbocycles. The van der Waals surface area contributed by atoms with Gasteiger partial charge in [0.15, 0.2) is 0 Å². The molecule has 0 atom stereocenters. The van der Waals surface area contributed by atoms with Crippen molar-refractivity contribution in [2.24, 2.45) is 0 Å². The smallest absolute Gasteiger partial charge is 0.433 e. The number of amides is 1. The SMILES string of the molecule is CCCOC(=O)N(CCC)OCCC. The average Bonchev–Trinajstić information content (AvgIpc) is 2.20. The first-order valence-corrected chi connectivity index (χ1v) is 5.33. The summed E-state index contributed by atoms with van der Waals surface area (Å²) < 4.78 is 4.96. The van der Waals surface area contributed by atoms with Crippen molar-refractivity contribution in [1.29, 1.82) is 0 Å². The number of hydrogen-bond acceptors (Lipinski definition) is 3. The number of carbonyl (C=O) groups excluding carboxylic acids is 1. The standard InChI is InChI=1S/C10H21NO3/c1-4-7-11(14-9-6-3)10(12)13-8-5-2/h4-9H2,1-3H3. The number of ether oxygens (including phenoxy) is 1. The second-order valence-electron chi connectivity index (χ2n) is 3.05. The quantitative estimate of drug-likeness (QED) is 0.597. The van der Waals surface area contributed by atoms with E-state index in [1.54, 1.807) is 0 Å². The van der Waals surface area contributed by atoms with Gasteiger partial charge >= 0.3 is 6.09 Å². The Bertz CT molecular complexity index is 150. The van der Waals surface area contributed by atoms with E-state index in [1.807, 2.05) is 20.8 Å². The summed E-state index contributed by atoms with van der Waals surface area (Å²) in [7, 11) is 0. The van der Waals surface area contributed by atoms with Gasteiger partial charge < -0.3 is 4.74 Å². The molecule has 0 heterocycles. The minimum absolute atomic E-state index is 0.373. The molecule has 0 aliphatic heterocycles. The van der Waals surface area contributed by atoms with E-state index in [0.29, 0.717) is 19.8 Å². The fraction of sp³-hybridized carbons (Fsp3) is 0.900. The first kappa shape index (κ1) is 13.2. The van der Waals surface area contributed by atoms with E-state index in [2.05, 4.69) is 0 Å². The predicted molar refractivity (Wildman–Crippen MR) is 54.9 cm³/mol. The summed E-state index contributed by atoms with van der Waals surface area (Å²) in [6.07, 6.45) is 2.22. The van der Waals surface area contributed by atoms with Crippen molar-refractivity contribution in [3.05, 3.63) is 0 Å². The van der Waals surface area contributed by atoms with E-state index in [9.17, 15) is 4.79 Å². The lowest BCUT2D eigenvalue weighted by Gasteiger charge is -2.20. The largest absolute Gasteiger partial charge is 0.448 e. The van der Waals surface area contributed by atoms with Gasteiger partial charge in [0.1, 0.15) is 0 Å².